The Morgan fingerprint density at radius 2 is 2.10 bits per heavy atom. The third kappa shape index (κ3) is 3.01. The molecular weight excluding hydrogens is 290 g/mol. The molecule has 3 atom stereocenters. The van der Waals surface area contributed by atoms with Crippen LogP contribution in [0.25, 0.3) is 0 Å². The summed E-state index contributed by atoms with van der Waals surface area (Å²) < 4.78 is 11.1. The molecule has 0 aromatic heterocycles. The molecule has 1 aliphatic heterocycles. The number of benzene rings is 1. The van der Waals surface area contributed by atoms with Crippen LogP contribution in [0.4, 0.5) is 0 Å². The average molecular weight is 312 g/mol. The van der Waals surface area contributed by atoms with E-state index in [9.17, 15) is 5.11 Å². The van der Waals surface area contributed by atoms with E-state index in [0.717, 1.165) is 36.3 Å². The SMILES string of the molecule is CCOc1cc2c(cc1OC)C=NC1CCC(O)CC21.Cl. The van der Waals surface area contributed by atoms with E-state index in [-0.39, 0.29) is 18.5 Å². The van der Waals surface area contributed by atoms with Gasteiger partial charge in [-0.3, -0.25) is 4.99 Å². The fourth-order valence-corrected chi connectivity index (χ4v) is 3.27. The maximum Gasteiger partial charge on any atom is 0.161 e. The zero-order valence-electron chi connectivity index (χ0n) is 12.4. The molecule has 0 radical (unpaired) electrons. The zero-order valence-corrected chi connectivity index (χ0v) is 13.2. The monoisotopic (exact) mass is 311 g/mol. The van der Waals surface area contributed by atoms with Crippen molar-refractivity contribution in [3.63, 3.8) is 0 Å². The Bertz CT molecular complexity index is 532. The third-order valence-corrected chi connectivity index (χ3v) is 4.26. The number of methoxy groups -OCH3 is 1. The fraction of sp³-hybridized carbons (Fsp3) is 0.562. The molecule has 5 heteroatoms. The van der Waals surface area contributed by atoms with Crippen molar-refractivity contribution in [2.45, 2.75) is 44.2 Å². The van der Waals surface area contributed by atoms with Gasteiger partial charge in [-0.1, -0.05) is 0 Å². The molecule has 21 heavy (non-hydrogen) atoms. The van der Waals surface area contributed by atoms with Crippen molar-refractivity contribution in [1.82, 2.24) is 0 Å². The Balaban J connectivity index is 0.00000161. The van der Waals surface area contributed by atoms with Crippen LogP contribution in [0.15, 0.2) is 17.1 Å². The molecule has 1 N–H and O–H groups in total. The summed E-state index contributed by atoms with van der Waals surface area (Å²) in [6.07, 6.45) is 4.31. The fourth-order valence-electron chi connectivity index (χ4n) is 3.27. The molecule has 1 aromatic rings. The van der Waals surface area contributed by atoms with E-state index in [1.165, 1.54) is 5.56 Å². The summed E-state index contributed by atoms with van der Waals surface area (Å²) in [5.74, 6) is 1.82. The van der Waals surface area contributed by atoms with Gasteiger partial charge in [0.15, 0.2) is 11.5 Å². The summed E-state index contributed by atoms with van der Waals surface area (Å²) in [7, 11) is 1.65. The van der Waals surface area contributed by atoms with E-state index >= 15 is 0 Å². The van der Waals surface area contributed by atoms with Gasteiger partial charge in [-0.2, -0.15) is 0 Å². The van der Waals surface area contributed by atoms with Gasteiger partial charge < -0.3 is 14.6 Å². The molecule has 1 heterocycles. The third-order valence-electron chi connectivity index (χ3n) is 4.26. The first-order valence-electron chi connectivity index (χ1n) is 7.29. The summed E-state index contributed by atoms with van der Waals surface area (Å²) in [4.78, 5) is 4.65. The number of hydrogen-bond acceptors (Lipinski definition) is 4. The minimum atomic E-state index is -0.213. The van der Waals surface area contributed by atoms with Crippen LogP contribution in [-0.4, -0.2) is 37.2 Å². The van der Waals surface area contributed by atoms with Crippen LogP contribution in [0.3, 0.4) is 0 Å². The zero-order chi connectivity index (χ0) is 14.1. The molecule has 0 amide bonds. The van der Waals surface area contributed by atoms with Gasteiger partial charge in [0.25, 0.3) is 0 Å². The van der Waals surface area contributed by atoms with Gasteiger partial charge >= 0.3 is 0 Å². The van der Waals surface area contributed by atoms with E-state index < -0.39 is 0 Å². The summed E-state index contributed by atoms with van der Waals surface area (Å²) >= 11 is 0. The molecule has 4 nitrogen and oxygen atoms in total. The lowest BCUT2D eigenvalue weighted by molar-refractivity contribution is 0.111. The van der Waals surface area contributed by atoms with Crippen molar-refractivity contribution < 1.29 is 14.6 Å². The molecule has 3 unspecified atom stereocenters. The van der Waals surface area contributed by atoms with Crippen LogP contribution in [-0.2, 0) is 0 Å². The second-order valence-electron chi connectivity index (χ2n) is 5.48. The first-order chi connectivity index (χ1) is 9.72. The number of ether oxygens (including phenoxy) is 2. The predicted molar refractivity (Wildman–Crippen MR) is 85.4 cm³/mol. The van der Waals surface area contributed by atoms with Crippen molar-refractivity contribution in [3.05, 3.63) is 23.3 Å². The van der Waals surface area contributed by atoms with Crippen molar-refractivity contribution in [2.75, 3.05) is 13.7 Å². The molecule has 0 spiro atoms. The average Bonchev–Trinajstić information content (AvgIpc) is 2.47. The van der Waals surface area contributed by atoms with E-state index in [1.54, 1.807) is 7.11 Å². The molecule has 1 aliphatic carbocycles. The lowest BCUT2D eigenvalue weighted by Crippen LogP contribution is -2.32. The van der Waals surface area contributed by atoms with Gasteiger partial charge in [-0.05, 0) is 49.4 Å². The number of halogens is 1. The molecule has 3 rings (SSSR count). The quantitative estimate of drug-likeness (QED) is 0.933. The second kappa shape index (κ2) is 6.67. The van der Waals surface area contributed by atoms with Crippen LogP contribution >= 0.6 is 12.4 Å². The summed E-state index contributed by atoms with van der Waals surface area (Å²) in [6.45, 7) is 2.58. The lowest BCUT2D eigenvalue weighted by atomic mass is 9.76. The maximum absolute atomic E-state index is 9.94. The number of nitrogens with zero attached hydrogens (tertiary/aromatic N) is 1. The van der Waals surface area contributed by atoms with Gasteiger partial charge in [-0.25, -0.2) is 0 Å². The Kier molecular flexibility index (Phi) is 5.12. The van der Waals surface area contributed by atoms with E-state index in [1.807, 2.05) is 19.2 Å². The van der Waals surface area contributed by atoms with Gasteiger partial charge in [0, 0.05) is 12.1 Å². The van der Waals surface area contributed by atoms with Crippen LogP contribution < -0.4 is 9.47 Å². The van der Waals surface area contributed by atoms with E-state index in [2.05, 4.69) is 11.1 Å². The Hall–Kier alpha value is -1.26. The van der Waals surface area contributed by atoms with Crippen LogP contribution in [0.1, 0.15) is 43.2 Å². The molecule has 2 aliphatic rings. The molecule has 0 bridgehead atoms. The summed E-state index contributed by atoms with van der Waals surface area (Å²) in [5.41, 5.74) is 2.31. The largest absolute Gasteiger partial charge is 0.493 e. The Morgan fingerprint density at radius 1 is 1.29 bits per heavy atom. The highest BCUT2D eigenvalue weighted by Gasteiger charge is 2.34. The minimum absolute atomic E-state index is 0. The highest BCUT2D eigenvalue weighted by molar-refractivity contribution is 5.85. The molecule has 116 valence electrons. The van der Waals surface area contributed by atoms with Crippen molar-refractivity contribution in [1.29, 1.82) is 0 Å². The molecule has 0 saturated heterocycles. The summed E-state index contributed by atoms with van der Waals surface area (Å²) in [6, 6.07) is 4.35. The first-order valence-corrected chi connectivity index (χ1v) is 7.29. The molecule has 1 saturated carbocycles. The van der Waals surface area contributed by atoms with Crippen molar-refractivity contribution in [3.8, 4) is 11.5 Å². The number of fused-ring (bicyclic) bond motifs is 3. The predicted octanol–water partition coefficient (Wildman–Crippen LogP) is 2.95. The maximum atomic E-state index is 9.94. The van der Waals surface area contributed by atoms with E-state index in [4.69, 9.17) is 9.47 Å². The van der Waals surface area contributed by atoms with Crippen LogP contribution in [0.5, 0.6) is 11.5 Å². The number of aliphatic imine (C=N–C) groups is 1. The number of rotatable bonds is 3. The van der Waals surface area contributed by atoms with Gasteiger partial charge in [0.05, 0.1) is 25.9 Å². The topological polar surface area (TPSA) is 51.0 Å². The van der Waals surface area contributed by atoms with Gasteiger partial charge in [0.2, 0.25) is 0 Å². The molecule has 1 fully saturated rings. The normalized spacial score (nSPS) is 26.3. The van der Waals surface area contributed by atoms with Gasteiger partial charge in [-0.15, -0.1) is 12.4 Å². The highest BCUT2D eigenvalue weighted by Crippen LogP contribution is 2.42. The van der Waals surface area contributed by atoms with Gasteiger partial charge in [0.1, 0.15) is 0 Å². The summed E-state index contributed by atoms with van der Waals surface area (Å²) in [5, 5.41) is 9.94. The highest BCUT2D eigenvalue weighted by atomic mass is 35.5. The van der Waals surface area contributed by atoms with Crippen molar-refractivity contribution in [2.24, 2.45) is 4.99 Å². The molecular formula is C16H22ClNO3. The number of hydrogen-bond donors (Lipinski definition) is 1. The number of aliphatic hydroxyl groups excluding tert-OH is 1. The van der Waals surface area contributed by atoms with E-state index in [0.29, 0.717) is 18.6 Å². The smallest absolute Gasteiger partial charge is 0.161 e. The Labute approximate surface area is 131 Å². The number of aliphatic hydroxyl groups is 1. The minimum Gasteiger partial charge on any atom is -0.493 e. The van der Waals surface area contributed by atoms with Crippen LogP contribution in [0.2, 0.25) is 0 Å². The Morgan fingerprint density at radius 3 is 2.81 bits per heavy atom. The van der Waals surface area contributed by atoms with Crippen LogP contribution in [0, 0.1) is 0 Å². The standard InChI is InChI=1S/C16H21NO3.ClH/c1-3-20-16-8-12-10(6-15(16)19-2)9-17-14-5-4-11(18)7-13(12)14;/h6,8-9,11,13-14,18H,3-5,7H2,1-2H3;1H. The van der Waals surface area contributed by atoms with Crippen molar-refractivity contribution >= 4 is 18.6 Å². The second-order valence-corrected chi connectivity index (χ2v) is 5.48. The first kappa shape index (κ1) is 16.1. The molecule has 1 aromatic carbocycles. The lowest BCUT2D eigenvalue weighted by Gasteiger charge is -2.35.